The number of anilines is 1. The number of nitrogens with zero attached hydrogens (tertiary/aromatic N) is 1. The highest BCUT2D eigenvalue weighted by molar-refractivity contribution is 6.30. The molecule has 0 saturated heterocycles. The van der Waals surface area contributed by atoms with Gasteiger partial charge in [-0.2, -0.15) is 5.10 Å². The molecule has 1 rings (SSSR count). The average Bonchev–Trinajstić information content (AvgIpc) is 2.22. The number of rotatable bonds is 4. The van der Waals surface area contributed by atoms with Crippen molar-refractivity contribution in [1.82, 2.24) is 0 Å². The van der Waals surface area contributed by atoms with Crippen LogP contribution in [0.2, 0.25) is 5.02 Å². The van der Waals surface area contributed by atoms with Gasteiger partial charge in [-0.3, -0.25) is 5.43 Å². The van der Waals surface area contributed by atoms with Gasteiger partial charge in [0.1, 0.15) is 0 Å². The van der Waals surface area contributed by atoms with Crippen LogP contribution in [0.4, 0.5) is 5.69 Å². The molecule has 0 heterocycles. The summed E-state index contributed by atoms with van der Waals surface area (Å²) in [6.07, 6.45) is 1.97. The summed E-state index contributed by atoms with van der Waals surface area (Å²) in [6, 6.07) is 7.51. The van der Waals surface area contributed by atoms with E-state index < -0.39 is 0 Å². The van der Waals surface area contributed by atoms with Gasteiger partial charge >= 0.3 is 0 Å². The summed E-state index contributed by atoms with van der Waals surface area (Å²) in [5.74, 6) is 0. The van der Waals surface area contributed by atoms with Gasteiger partial charge in [-0.15, -0.1) is 0 Å². The van der Waals surface area contributed by atoms with Crippen molar-refractivity contribution in [3.8, 4) is 0 Å². The highest BCUT2D eigenvalue weighted by atomic mass is 35.5. The van der Waals surface area contributed by atoms with E-state index in [2.05, 4.69) is 24.4 Å². The Labute approximate surface area is 90.0 Å². The van der Waals surface area contributed by atoms with Crippen LogP contribution in [0.3, 0.4) is 0 Å². The zero-order valence-electron chi connectivity index (χ0n) is 8.55. The lowest BCUT2D eigenvalue weighted by Crippen LogP contribution is -1.98. The predicted molar refractivity (Wildman–Crippen MR) is 63.1 cm³/mol. The van der Waals surface area contributed by atoms with Gasteiger partial charge in [-0.1, -0.05) is 25.4 Å². The Bertz CT molecular complexity index is 298. The molecule has 1 N–H and O–H groups in total. The van der Waals surface area contributed by atoms with Crippen molar-refractivity contribution in [3.63, 3.8) is 0 Å². The van der Waals surface area contributed by atoms with Gasteiger partial charge in [0.25, 0.3) is 0 Å². The minimum Gasteiger partial charge on any atom is -0.279 e. The van der Waals surface area contributed by atoms with E-state index >= 15 is 0 Å². The fraction of sp³-hybridized carbons (Fsp3) is 0.364. The Morgan fingerprint density at radius 3 is 2.29 bits per heavy atom. The number of nitrogens with one attached hydrogen (secondary N) is 1. The predicted octanol–water partition coefficient (Wildman–Crippen LogP) is 3.93. The molecule has 14 heavy (non-hydrogen) atoms. The van der Waals surface area contributed by atoms with Crippen molar-refractivity contribution in [3.05, 3.63) is 29.3 Å². The smallest absolute Gasteiger partial charge is 0.0562 e. The average molecular weight is 211 g/mol. The van der Waals surface area contributed by atoms with Crippen LogP contribution < -0.4 is 5.43 Å². The summed E-state index contributed by atoms with van der Waals surface area (Å²) in [5.41, 5.74) is 5.14. The fourth-order valence-corrected chi connectivity index (χ4v) is 1.20. The Morgan fingerprint density at radius 1 is 1.21 bits per heavy atom. The van der Waals surface area contributed by atoms with Crippen molar-refractivity contribution in [2.75, 3.05) is 5.43 Å². The molecule has 76 valence electrons. The molecule has 0 amide bonds. The van der Waals surface area contributed by atoms with Crippen LogP contribution >= 0.6 is 11.6 Å². The topological polar surface area (TPSA) is 24.4 Å². The minimum atomic E-state index is 0.741. The van der Waals surface area contributed by atoms with Crippen molar-refractivity contribution >= 4 is 23.0 Å². The van der Waals surface area contributed by atoms with Gasteiger partial charge in [0.2, 0.25) is 0 Å². The van der Waals surface area contributed by atoms with Crippen molar-refractivity contribution in [1.29, 1.82) is 0 Å². The first-order valence-corrected chi connectivity index (χ1v) is 5.21. The maximum absolute atomic E-state index is 5.77. The highest BCUT2D eigenvalue weighted by Gasteiger charge is 1.92. The van der Waals surface area contributed by atoms with Crippen molar-refractivity contribution in [2.45, 2.75) is 26.7 Å². The first-order chi connectivity index (χ1) is 6.76. The van der Waals surface area contributed by atoms with Crippen LogP contribution in [0.1, 0.15) is 26.7 Å². The summed E-state index contributed by atoms with van der Waals surface area (Å²) >= 11 is 5.77. The highest BCUT2D eigenvalue weighted by Crippen LogP contribution is 2.13. The first kappa shape index (κ1) is 11.1. The largest absolute Gasteiger partial charge is 0.279 e. The SMILES string of the molecule is CCC(CC)=NNc1ccc(Cl)cc1. The van der Waals surface area contributed by atoms with Gasteiger partial charge in [0.15, 0.2) is 0 Å². The lowest BCUT2D eigenvalue weighted by atomic mass is 10.2. The molecule has 0 spiro atoms. The molecule has 0 radical (unpaired) electrons. The molecule has 0 unspecified atom stereocenters. The minimum absolute atomic E-state index is 0.741. The zero-order valence-corrected chi connectivity index (χ0v) is 9.30. The lowest BCUT2D eigenvalue weighted by molar-refractivity contribution is 1.12. The molecular formula is C11H15ClN2. The van der Waals surface area contributed by atoms with Gasteiger partial charge in [-0.05, 0) is 37.1 Å². The summed E-state index contributed by atoms with van der Waals surface area (Å²) in [4.78, 5) is 0. The second-order valence-electron chi connectivity index (χ2n) is 3.00. The number of hydrazone groups is 1. The van der Waals surface area contributed by atoms with Crippen LogP contribution in [0.25, 0.3) is 0 Å². The van der Waals surface area contributed by atoms with Crippen molar-refractivity contribution < 1.29 is 0 Å². The number of hydrogen-bond donors (Lipinski definition) is 1. The molecule has 0 atom stereocenters. The molecule has 0 fully saturated rings. The molecule has 0 aliphatic rings. The molecule has 0 saturated carbocycles. The molecular weight excluding hydrogens is 196 g/mol. The van der Waals surface area contributed by atoms with E-state index in [-0.39, 0.29) is 0 Å². The summed E-state index contributed by atoms with van der Waals surface area (Å²) < 4.78 is 0. The number of benzene rings is 1. The summed E-state index contributed by atoms with van der Waals surface area (Å²) in [5, 5.41) is 5.03. The monoisotopic (exact) mass is 210 g/mol. The van der Waals surface area contributed by atoms with E-state index in [1.165, 1.54) is 5.71 Å². The first-order valence-electron chi connectivity index (χ1n) is 4.83. The Hall–Kier alpha value is -1.02. The van der Waals surface area contributed by atoms with E-state index in [0.29, 0.717) is 0 Å². The zero-order chi connectivity index (χ0) is 10.4. The fourth-order valence-electron chi connectivity index (χ4n) is 1.08. The van der Waals surface area contributed by atoms with Crippen LogP contribution in [0.15, 0.2) is 29.4 Å². The Morgan fingerprint density at radius 2 is 1.79 bits per heavy atom. The van der Waals surface area contributed by atoms with E-state index in [9.17, 15) is 0 Å². The third-order valence-corrected chi connectivity index (χ3v) is 2.26. The molecule has 0 aliphatic carbocycles. The quantitative estimate of drug-likeness (QED) is 0.591. The maximum atomic E-state index is 5.77. The molecule has 0 aromatic heterocycles. The number of hydrogen-bond acceptors (Lipinski definition) is 2. The van der Waals surface area contributed by atoms with Crippen molar-refractivity contribution in [2.24, 2.45) is 5.10 Å². The molecule has 0 aliphatic heterocycles. The lowest BCUT2D eigenvalue weighted by Gasteiger charge is -2.03. The molecule has 1 aromatic carbocycles. The van der Waals surface area contributed by atoms with E-state index in [1.54, 1.807) is 0 Å². The summed E-state index contributed by atoms with van der Waals surface area (Å²) in [7, 11) is 0. The van der Waals surface area contributed by atoms with Gasteiger partial charge in [0, 0.05) is 10.7 Å². The van der Waals surface area contributed by atoms with Crippen LogP contribution in [0, 0.1) is 0 Å². The van der Waals surface area contributed by atoms with Gasteiger partial charge in [-0.25, -0.2) is 0 Å². The van der Waals surface area contributed by atoms with E-state index in [1.807, 2.05) is 24.3 Å². The third kappa shape index (κ3) is 3.38. The Balaban J connectivity index is 2.60. The second kappa shape index (κ2) is 5.66. The molecule has 1 aromatic rings. The molecule has 3 heteroatoms. The van der Waals surface area contributed by atoms with Gasteiger partial charge in [0.05, 0.1) is 5.69 Å². The van der Waals surface area contributed by atoms with E-state index in [0.717, 1.165) is 23.6 Å². The second-order valence-corrected chi connectivity index (χ2v) is 3.44. The van der Waals surface area contributed by atoms with E-state index in [4.69, 9.17) is 11.6 Å². The Kier molecular flexibility index (Phi) is 4.47. The molecule has 0 bridgehead atoms. The van der Waals surface area contributed by atoms with Crippen LogP contribution in [-0.4, -0.2) is 5.71 Å². The maximum Gasteiger partial charge on any atom is 0.0562 e. The number of halogens is 1. The normalized spacial score (nSPS) is 9.64. The van der Waals surface area contributed by atoms with Gasteiger partial charge < -0.3 is 0 Å². The van der Waals surface area contributed by atoms with Crippen LogP contribution in [-0.2, 0) is 0 Å². The standard InChI is InChI=1S/C11H15ClN2/c1-3-10(4-2)13-14-11-7-5-9(12)6-8-11/h5-8,14H,3-4H2,1-2H3. The molecule has 2 nitrogen and oxygen atoms in total. The summed E-state index contributed by atoms with van der Waals surface area (Å²) in [6.45, 7) is 4.21. The van der Waals surface area contributed by atoms with Crippen LogP contribution in [0.5, 0.6) is 0 Å². The third-order valence-electron chi connectivity index (χ3n) is 2.00.